The third-order valence-electron chi connectivity index (χ3n) is 3.48. The van der Waals surface area contributed by atoms with Crippen LogP contribution in [0.15, 0.2) is 36.5 Å². The second-order valence-corrected chi connectivity index (χ2v) is 6.43. The summed E-state index contributed by atoms with van der Waals surface area (Å²) in [5.74, 6) is 0.239. The van der Waals surface area contributed by atoms with E-state index in [9.17, 15) is 13.2 Å². The van der Waals surface area contributed by atoms with Crippen molar-refractivity contribution < 1.29 is 13.2 Å². The molecule has 0 aliphatic heterocycles. The molecule has 0 saturated heterocycles. The predicted octanol–water partition coefficient (Wildman–Crippen LogP) is 5.23. The zero-order valence-electron chi connectivity index (χ0n) is 13.6. The van der Waals surface area contributed by atoms with Crippen LogP contribution in [0.3, 0.4) is 0 Å². The third kappa shape index (κ3) is 3.96. The van der Waals surface area contributed by atoms with E-state index in [1.165, 1.54) is 6.07 Å². The largest absolute Gasteiger partial charge is 0.416 e. The molecule has 2 aromatic heterocycles. The van der Waals surface area contributed by atoms with Crippen molar-refractivity contribution in [1.82, 2.24) is 15.0 Å². The second kappa shape index (κ2) is 6.79. The number of hydrogen-bond acceptors (Lipinski definition) is 5. The number of nitrogens with one attached hydrogen (secondary N) is 1. The Labute approximate surface area is 146 Å². The van der Waals surface area contributed by atoms with Gasteiger partial charge < -0.3 is 5.32 Å². The highest BCUT2D eigenvalue weighted by Crippen LogP contribution is 2.32. The average Bonchev–Trinajstić information content (AvgIpc) is 2.96. The molecular weight excluding hydrogens is 349 g/mol. The topological polar surface area (TPSA) is 50.7 Å². The fourth-order valence-corrected chi connectivity index (χ4v) is 3.26. The minimum absolute atomic E-state index is 0.239. The van der Waals surface area contributed by atoms with Gasteiger partial charge in [0.25, 0.3) is 0 Å². The van der Waals surface area contributed by atoms with Crippen LogP contribution in [0.4, 0.5) is 24.8 Å². The van der Waals surface area contributed by atoms with Crippen LogP contribution in [0, 0.1) is 6.92 Å². The van der Waals surface area contributed by atoms with Gasteiger partial charge in [-0.15, -0.1) is 11.3 Å². The summed E-state index contributed by atoms with van der Waals surface area (Å²) in [6.07, 6.45) is -1.98. The Morgan fingerprint density at radius 3 is 2.64 bits per heavy atom. The smallest absolute Gasteiger partial charge is 0.324 e. The van der Waals surface area contributed by atoms with Crippen LogP contribution in [0.5, 0.6) is 0 Å². The van der Waals surface area contributed by atoms with Gasteiger partial charge in [-0.1, -0.05) is 13.0 Å². The molecule has 0 bridgehead atoms. The van der Waals surface area contributed by atoms with Crippen molar-refractivity contribution in [3.8, 4) is 10.6 Å². The predicted molar refractivity (Wildman–Crippen MR) is 92.0 cm³/mol. The van der Waals surface area contributed by atoms with Gasteiger partial charge in [-0.05, 0) is 37.6 Å². The van der Waals surface area contributed by atoms with Gasteiger partial charge in [0.15, 0.2) is 0 Å². The first-order valence-electron chi connectivity index (χ1n) is 7.61. The fourth-order valence-electron chi connectivity index (χ4n) is 2.29. The number of aromatic nitrogens is 3. The number of halogens is 3. The highest BCUT2D eigenvalue weighted by molar-refractivity contribution is 7.15. The standard InChI is InChI=1S/C17H15F3N4S/c1-3-14-22-10(2)15(25-14)13-7-8-21-16(24-13)23-12-6-4-5-11(9-12)17(18,19)20/h4-9H,3H2,1-2H3,(H,21,23,24). The Hall–Kier alpha value is -2.48. The lowest BCUT2D eigenvalue weighted by atomic mass is 10.2. The van der Waals surface area contributed by atoms with Crippen LogP contribution in [0.1, 0.15) is 23.2 Å². The SMILES string of the molecule is CCc1nc(C)c(-c2ccnc(Nc3cccc(C(F)(F)F)c3)n2)s1. The van der Waals surface area contributed by atoms with Crippen molar-refractivity contribution in [2.45, 2.75) is 26.4 Å². The molecule has 1 N–H and O–H groups in total. The van der Waals surface area contributed by atoms with Gasteiger partial charge in [0.1, 0.15) is 0 Å². The van der Waals surface area contributed by atoms with Crippen molar-refractivity contribution in [2.24, 2.45) is 0 Å². The number of anilines is 2. The number of thiazole rings is 1. The first-order chi connectivity index (χ1) is 11.9. The van der Waals surface area contributed by atoms with Gasteiger partial charge in [0.05, 0.1) is 26.8 Å². The van der Waals surface area contributed by atoms with E-state index < -0.39 is 11.7 Å². The summed E-state index contributed by atoms with van der Waals surface area (Å²) in [6, 6.07) is 6.70. The Balaban J connectivity index is 1.89. The van der Waals surface area contributed by atoms with Gasteiger partial charge in [0.2, 0.25) is 5.95 Å². The zero-order valence-corrected chi connectivity index (χ0v) is 14.4. The van der Waals surface area contributed by atoms with Crippen molar-refractivity contribution in [2.75, 3.05) is 5.32 Å². The van der Waals surface area contributed by atoms with Gasteiger partial charge in [-0.25, -0.2) is 15.0 Å². The van der Waals surface area contributed by atoms with Crippen molar-refractivity contribution in [3.05, 3.63) is 52.8 Å². The van der Waals surface area contributed by atoms with E-state index in [4.69, 9.17) is 0 Å². The molecule has 1 aromatic carbocycles. The van der Waals surface area contributed by atoms with Crippen LogP contribution in [0.25, 0.3) is 10.6 Å². The quantitative estimate of drug-likeness (QED) is 0.688. The lowest BCUT2D eigenvalue weighted by Gasteiger charge is -2.10. The number of rotatable bonds is 4. The van der Waals surface area contributed by atoms with Crippen LogP contribution >= 0.6 is 11.3 Å². The molecule has 130 valence electrons. The van der Waals surface area contributed by atoms with Crippen LogP contribution in [0.2, 0.25) is 0 Å². The van der Waals surface area contributed by atoms with Gasteiger partial charge in [0, 0.05) is 11.9 Å². The molecule has 8 heteroatoms. The molecule has 0 amide bonds. The molecule has 0 aliphatic rings. The summed E-state index contributed by atoms with van der Waals surface area (Å²) in [5, 5.41) is 3.84. The molecular formula is C17H15F3N4S. The monoisotopic (exact) mass is 364 g/mol. The van der Waals surface area contributed by atoms with Crippen molar-refractivity contribution in [1.29, 1.82) is 0 Å². The molecule has 0 fully saturated rings. The first kappa shape index (κ1) is 17.3. The molecule has 0 unspecified atom stereocenters. The third-order valence-corrected chi connectivity index (χ3v) is 4.80. The van der Waals surface area contributed by atoms with Gasteiger partial charge in [-0.3, -0.25) is 0 Å². The lowest BCUT2D eigenvalue weighted by molar-refractivity contribution is -0.137. The maximum Gasteiger partial charge on any atom is 0.416 e. The highest BCUT2D eigenvalue weighted by atomic mass is 32.1. The summed E-state index contributed by atoms with van der Waals surface area (Å²) in [5.41, 5.74) is 1.13. The van der Waals surface area contributed by atoms with Gasteiger partial charge in [-0.2, -0.15) is 13.2 Å². The maximum absolute atomic E-state index is 12.8. The summed E-state index contributed by atoms with van der Waals surface area (Å²) in [7, 11) is 0. The molecule has 2 heterocycles. The van der Waals surface area contributed by atoms with Crippen LogP contribution in [-0.2, 0) is 12.6 Å². The number of aryl methyl sites for hydroxylation is 2. The molecule has 0 atom stereocenters. The normalized spacial score (nSPS) is 11.6. The average molecular weight is 364 g/mol. The Bertz CT molecular complexity index is 890. The van der Waals surface area contributed by atoms with Crippen LogP contribution in [-0.4, -0.2) is 15.0 Å². The first-order valence-corrected chi connectivity index (χ1v) is 8.42. The highest BCUT2D eigenvalue weighted by Gasteiger charge is 2.30. The van der Waals surface area contributed by atoms with E-state index >= 15 is 0 Å². The van der Waals surface area contributed by atoms with E-state index in [1.807, 2.05) is 13.8 Å². The molecule has 3 rings (SSSR count). The zero-order chi connectivity index (χ0) is 18.0. The summed E-state index contributed by atoms with van der Waals surface area (Å²) in [6.45, 7) is 3.94. The van der Waals surface area contributed by atoms with E-state index in [0.717, 1.165) is 34.1 Å². The van der Waals surface area contributed by atoms with Gasteiger partial charge >= 0.3 is 6.18 Å². The number of nitrogens with zero attached hydrogens (tertiary/aromatic N) is 3. The maximum atomic E-state index is 12.8. The molecule has 4 nitrogen and oxygen atoms in total. The minimum Gasteiger partial charge on any atom is -0.324 e. The summed E-state index contributed by atoms with van der Waals surface area (Å²) >= 11 is 1.56. The molecule has 3 aromatic rings. The molecule has 0 aliphatic carbocycles. The lowest BCUT2D eigenvalue weighted by Crippen LogP contribution is -2.05. The van der Waals surface area contributed by atoms with Crippen LogP contribution < -0.4 is 5.32 Å². The van der Waals surface area contributed by atoms with E-state index in [1.54, 1.807) is 29.7 Å². The Morgan fingerprint density at radius 1 is 1.16 bits per heavy atom. The van der Waals surface area contributed by atoms with Crippen molar-refractivity contribution >= 4 is 23.0 Å². The molecule has 0 spiro atoms. The van der Waals surface area contributed by atoms with E-state index in [2.05, 4.69) is 20.3 Å². The molecule has 25 heavy (non-hydrogen) atoms. The van der Waals surface area contributed by atoms with E-state index in [-0.39, 0.29) is 11.6 Å². The summed E-state index contributed by atoms with van der Waals surface area (Å²) < 4.78 is 38.4. The molecule has 0 saturated carbocycles. The Kier molecular flexibility index (Phi) is 4.71. The summed E-state index contributed by atoms with van der Waals surface area (Å²) in [4.78, 5) is 13.9. The van der Waals surface area contributed by atoms with E-state index in [0.29, 0.717) is 5.69 Å². The number of alkyl halides is 3. The molecule has 0 radical (unpaired) electrons. The second-order valence-electron chi connectivity index (χ2n) is 5.34. The number of benzene rings is 1. The minimum atomic E-state index is -4.39. The fraction of sp³-hybridized carbons (Fsp3) is 0.235. The van der Waals surface area contributed by atoms with Crippen molar-refractivity contribution in [3.63, 3.8) is 0 Å². The Morgan fingerprint density at radius 2 is 1.96 bits per heavy atom. The number of hydrogen-bond donors (Lipinski definition) is 1.